The lowest BCUT2D eigenvalue weighted by Crippen LogP contribution is -2.06. The first-order valence-electron chi connectivity index (χ1n) is 4.67. The van der Waals surface area contributed by atoms with Crippen LogP contribution in [0, 0.1) is 0 Å². The Balaban J connectivity index is 3.22. The number of hydrogen-bond acceptors (Lipinski definition) is 3. The van der Waals surface area contributed by atoms with E-state index in [0.717, 1.165) is 12.8 Å². The molecule has 0 aromatic rings. The Morgan fingerprint density at radius 1 is 1.31 bits per heavy atom. The zero-order valence-electron chi connectivity index (χ0n) is 8.47. The third kappa shape index (κ3) is 8.92. The molecular weight excluding hydrogens is 168 g/mol. The molecule has 0 unspecified atom stereocenters. The second kappa shape index (κ2) is 7.65. The molecule has 0 heterocycles. The normalized spacial score (nSPS) is 9.38. The fourth-order valence-corrected chi connectivity index (χ4v) is 0.856. The topological polar surface area (TPSA) is 35.5 Å². The van der Waals surface area contributed by atoms with Gasteiger partial charge in [-0.2, -0.15) is 0 Å². The second-order valence-electron chi connectivity index (χ2n) is 2.96. The van der Waals surface area contributed by atoms with Gasteiger partial charge >= 0.3 is 6.16 Å². The molecule has 0 aromatic carbocycles. The summed E-state index contributed by atoms with van der Waals surface area (Å²) in [5.41, 5.74) is 0. The van der Waals surface area contributed by atoms with Gasteiger partial charge in [-0.25, -0.2) is 4.79 Å². The quantitative estimate of drug-likeness (QED) is 0.363. The SMILES string of the molecule is C=C(C)OC(=O)OCCCCCC. The van der Waals surface area contributed by atoms with E-state index in [1.807, 2.05) is 0 Å². The van der Waals surface area contributed by atoms with Crippen molar-refractivity contribution in [3.63, 3.8) is 0 Å². The highest BCUT2D eigenvalue weighted by Crippen LogP contribution is 2.00. The number of rotatable bonds is 6. The maximum Gasteiger partial charge on any atom is 0.513 e. The third-order valence-corrected chi connectivity index (χ3v) is 1.48. The molecule has 0 atom stereocenters. The van der Waals surface area contributed by atoms with Gasteiger partial charge in [-0.1, -0.05) is 32.8 Å². The Kier molecular flexibility index (Phi) is 7.07. The van der Waals surface area contributed by atoms with Crippen LogP contribution in [-0.2, 0) is 9.47 Å². The van der Waals surface area contributed by atoms with E-state index in [1.165, 1.54) is 12.8 Å². The average molecular weight is 186 g/mol. The lowest BCUT2D eigenvalue weighted by Gasteiger charge is -2.04. The van der Waals surface area contributed by atoms with Crippen LogP contribution in [0.1, 0.15) is 39.5 Å². The van der Waals surface area contributed by atoms with Gasteiger partial charge in [-0.3, -0.25) is 0 Å². The van der Waals surface area contributed by atoms with Crippen molar-refractivity contribution in [2.75, 3.05) is 6.61 Å². The van der Waals surface area contributed by atoms with E-state index in [4.69, 9.17) is 4.74 Å². The van der Waals surface area contributed by atoms with Crippen molar-refractivity contribution >= 4 is 6.16 Å². The molecule has 0 aliphatic heterocycles. The number of allylic oxidation sites excluding steroid dienone is 1. The van der Waals surface area contributed by atoms with Crippen LogP contribution in [0.5, 0.6) is 0 Å². The summed E-state index contributed by atoms with van der Waals surface area (Å²) in [5.74, 6) is 0.360. The van der Waals surface area contributed by atoms with Gasteiger partial charge in [0.1, 0.15) is 5.76 Å². The first kappa shape index (κ1) is 12.0. The summed E-state index contributed by atoms with van der Waals surface area (Å²) in [4.78, 5) is 10.8. The number of carbonyl (C=O) groups is 1. The fraction of sp³-hybridized carbons (Fsp3) is 0.700. The van der Waals surface area contributed by atoms with Crippen molar-refractivity contribution < 1.29 is 14.3 Å². The molecule has 0 radical (unpaired) electrons. The van der Waals surface area contributed by atoms with Crippen molar-refractivity contribution in [3.05, 3.63) is 12.3 Å². The molecule has 0 amide bonds. The van der Waals surface area contributed by atoms with E-state index < -0.39 is 6.16 Å². The standard InChI is InChI=1S/C10H18O3/c1-4-5-6-7-8-12-10(11)13-9(2)3/h2,4-8H2,1,3H3. The smallest absolute Gasteiger partial charge is 0.434 e. The van der Waals surface area contributed by atoms with Gasteiger partial charge in [0, 0.05) is 0 Å². The van der Waals surface area contributed by atoms with Crippen LogP contribution in [0.3, 0.4) is 0 Å². The fourth-order valence-electron chi connectivity index (χ4n) is 0.856. The van der Waals surface area contributed by atoms with Crippen LogP contribution in [0.25, 0.3) is 0 Å². The van der Waals surface area contributed by atoms with E-state index in [9.17, 15) is 4.79 Å². The van der Waals surface area contributed by atoms with Gasteiger partial charge in [0.25, 0.3) is 0 Å². The van der Waals surface area contributed by atoms with Gasteiger partial charge in [0.15, 0.2) is 0 Å². The molecule has 0 bridgehead atoms. The van der Waals surface area contributed by atoms with Crippen LogP contribution in [0.2, 0.25) is 0 Å². The summed E-state index contributed by atoms with van der Waals surface area (Å²) >= 11 is 0. The largest absolute Gasteiger partial charge is 0.513 e. The van der Waals surface area contributed by atoms with Gasteiger partial charge < -0.3 is 9.47 Å². The lowest BCUT2D eigenvalue weighted by atomic mass is 10.2. The van der Waals surface area contributed by atoms with Crippen LogP contribution >= 0.6 is 0 Å². The predicted octanol–water partition coefficient (Wildman–Crippen LogP) is 3.25. The summed E-state index contributed by atoms with van der Waals surface area (Å²) in [7, 11) is 0. The maximum absolute atomic E-state index is 10.8. The highest BCUT2D eigenvalue weighted by atomic mass is 16.7. The molecule has 0 saturated heterocycles. The molecule has 13 heavy (non-hydrogen) atoms. The Hall–Kier alpha value is -0.990. The first-order valence-corrected chi connectivity index (χ1v) is 4.67. The summed E-state index contributed by atoms with van der Waals surface area (Å²) in [5, 5.41) is 0. The van der Waals surface area contributed by atoms with E-state index in [2.05, 4.69) is 18.2 Å². The van der Waals surface area contributed by atoms with Crippen LogP contribution in [0.4, 0.5) is 4.79 Å². The van der Waals surface area contributed by atoms with Crippen molar-refractivity contribution in [2.45, 2.75) is 39.5 Å². The molecule has 0 fully saturated rings. The minimum absolute atomic E-state index is 0.360. The highest BCUT2D eigenvalue weighted by Gasteiger charge is 2.02. The van der Waals surface area contributed by atoms with E-state index in [0.29, 0.717) is 12.4 Å². The Bertz CT molecular complexity index is 164. The van der Waals surface area contributed by atoms with Gasteiger partial charge in [-0.15, -0.1) is 0 Å². The van der Waals surface area contributed by atoms with Crippen LogP contribution in [-0.4, -0.2) is 12.8 Å². The molecule has 3 heteroatoms. The van der Waals surface area contributed by atoms with Crippen molar-refractivity contribution in [3.8, 4) is 0 Å². The zero-order valence-corrected chi connectivity index (χ0v) is 8.47. The van der Waals surface area contributed by atoms with Crippen LogP contribution < -0.4 is 0 Å². The molecule has 0 N–H and O–H groups in total. The summed E-state index contributed by atoms with van der Waals surface area (Å²) in [6, 6.07) is 0. The van der Waals surface area contributed by atoms with Crippen molar-refractivity contribution in [1.29, 1.82) is 0 Å². The summed E-state index contributed by atoms with van der Waals surface area (Å²) in [6.07, 6.45) is 3.70. The van der Waals surface area contributed by atoms with Crippen molar-refractivity contribution in [2.24, 2.45) is 0 Å². The Morgan fingerprint density at radius 2 is 2.00 bits per heavy atom. The monoisotopic (exact) mass is 186 g/mol. The summed E-state index contributed by atoms with van der Waals surface area (Å²) in [6.45, 7) is 7.61. The molecule has 0 spiro atoms. The van der Waals surface area contributed by atoms with Crippen molar-refractivity contribution in [1.82, 2.24) is 0 Å². The van der Waals surface area contributed by atoms with E-state index in [-0.39, 0.29) is 0 Å². The number of hydrogen-bond donors (Lipinski definition) is 0. The van der Waals surface area contributed by atoms with E-state index in [1.54, 1.807) is 6.92 Å². The third-order valence-electron chi connectivity index (χ3n) is 1.48. The Labute approximate surface area is 79.7 Å². The van der Waals surface area contributed by atoms with E-state index >= 15 is 0 Å². The molecule has 0 aliphatic carbocycles. The minimum atomic E-state index is -0.649. The first-order chi connectivity index (χ1) is 6.16. The second-order valence-corrected chi connectivity index (χ2v) is 2.96. The molecule has 0 rings (SSSR count). The maximum atomic E-state index is 10.8. The average Bonchev–Trinajstić information content (AvgIpc) is 2.02. The van der Waals surface area contributed by atoms with Gasteiger partial charge in [0.05, 0.1) is 6.61 Å². The van der Waals surface area contributed by atoms with Gasteiger partial charge in [-0.05, 0) is 13.3 Å². The molecule has 76 valence electrons. The number of ether oxygens (including phenoxy) is 2. The lowest BCUT2D eigenvalue weighted by molar-refractivity contribution is 0.0763. The predicted molar refractivity (Wildman–Crippen MR) is 51.4 cm³/mol. The zero-order chi connectivity index (χ0) is 10.1. The molecular formula is C10H18O3. The highest BCUT2D eigenvalue weighted by molar-refractivity contribution is 5.61. The Morgan fingerprint density at radius 3 is 2.54 bits per heavy atom. The molecule has 0 aliphatic rings. The summed E-state index contributed by atoms with van der Waals surface area (Å²) < 4.78 is 9.38. The number of unbranched alkanes of at least 4 members (excludes halogenated alkanes) is 3. The minimum Gasteiger partial charge on any atom is -0.434 e. The van der Waals surface area contributed by atoms with Gasteiger partial charge in [0.2, 0.25) is 0 Å². The van der Waals surface area contributed by atoms with Crippen LogP contribution in [0.15, 0.2) is 12.3 Å². The molecule has 3 nitrogen and oxygen atoms in total. The molecule has 0 saturated carbocycles. The molecule has 0 aromatic heterocycles. The number of carbonyl (C=O) groups excluding carboxylic acids is 1.